The Morgan fingerprint density at radius 2 is 2.37 bits per heavy atom. The molecule has 0 bridgehead atoms. The van der Waals surface area contributed by atoms with Gasteiger partial charge in [0.1, 0.15) is 5.69 Å². The molecule has 104 valence electrons. The van der Waals surface area contributed by atoms with E-state index in [-0.39, 0.29) is 16.2 Å². The van der Waals surface area contributed by atoms with Crippen molar-refractivity contribution in [3.63, 3.8) is 0 Å². The third-order valence-corrected chi connectivity index (χ3v) is 3.56. The van der Waals surface area contributed by atoms with Gasteiger partial charge in [-0.2, -0.15) is 5.10 Å². The van der Waals surface area contributed by atoms with Gasteiger partial charge in [0.25, 0.3) is 5.56 Å². The van der Waals surface area contributed by atoms with Gasteiger partial charge in [0.2, 0.25) is 5.91 Å². The normalized spacial score (nSPS) is 19.4. The van der Waals surface area contributed by atoms with Crippen molar-refractivity contribution in [2.24, 2.45) is 5.92 Å². The molecule has 0 spiro atoms. The maximum atomic E-state index is 12.1. The fraction of sp³-hybridized carbons (Fsp3) is 0.667. The highest BCUT2D eigenvalue weighted by Gasteiger charge is 2.20. The summed E-state index contributed by atoms with van der Waals surface area (Å²) in [6, 6.07) is 0. The SMILES string of the molecule is CC1CCCN(C(=O)CCc2n[nH]c(=S)[nH]c2=O)C1. The number of piperidine rings is 1. The topological polar surface area (TPSA) is 81.8 Å². The quantitative estimate of drug-likeness (QED) is 0.811. The zero-order valence-electron chi connectivity index (χ0n) is 10.9. The van der Waals surface area contributed by atoms with Crippen molar-refractivity contribution in [2.75, 3.05) is 13.1 Å². The molecular weight excluding hydrogens is 264 g/mol. The van der Waals surface area contributed by atoms with Crippen LogP contribution in [0.4, 0.5) is 0 Å². The highest BCUT2D eigenvalue weighted by Crippen LogP contribution is 2.16. The van der Waals surface area contributed by atoms with Crippen LogP contribution >= 0.6 is 12.2 Å². The van der Waals surface area contributed by atoms with Gasteiger partial charge in [-0.05, 0) is 31.0 Å². The van der Waals surface area contributed by atoms with Gasteiger partial charge in [-0.3, -0.25) is 19.7 Å². The Morgan fingerprint density at radius 3 is 3.05 bits per heavy atom. The molecule has 0 aliphatic carbocycles. The number of aromatic nitrogens is 3. The summed E-state index contributed by atoms with van der Waals surface area (Å²) in [7, 11) is 0. The molecule has 1 aliphatic heterocycles. The third kappa shape index (κ3) is 3.73. The molecule has 2 rings (SSSR count). The van der Waals surface area contributed by atoms with Crippen LogP contribution in [0.25, 0.3) is 0 Å². The van der Waals surface area contributed by atoms with Gasteiger partial charge in [0.05, 0.1) is 0 Å². The minimum absolute atomic E-state index is 0.0928. The number of hydrogen-bond acceptors (Lipinski definition) is 4. The molecule has 2 heterocycles. The summed E-state index contributed by atoms with van der Waals surface area (Å²) in [5.41, 5.74) is 0.00979. The monoisotopic (exact) mass is 282 g/mol. The van der Waals surface area contributed by atoms with Gasteiger partial charge in [-0.15, -0.1) is 0 Å². The average molecular weight is 282 g/mol. The molecule has 1 aromatic heterocycles. The van der Waals surface area contributed by atoms with Gasteiger partial charge < -0.3 is 4.90 Å². The van der Waals surface area contributed by atoms with Gasteiger partial charge in [0.15, 0.2) is 4.77 Å². The Kier molecular flexibility index (Phi) is 4.47. The molecule has 0 saturated carbocycles. The second-order valence-electron chi connectivity index (χ2n) is 5.04. The maximum Gasteiger partial charge on any atom is 0.273 e. The van der Waals surface area contributed by atoms with E-state index in [1.807, 2.05) is 4.90 Å². The van der Waals surface area contributed by atoms with Crippen LogP contribution in [-0.2, 0) is 11.2 Å². The smallest absolute Gasteiger partial charge is 0.273 e. The molecule has 1 amide bonds. The molecule has 2 N–H and O–H groups in total. The molecular formula is C12H18N4O2S. The number of aromatic amines is 2. The summed E-state index contributed by atoms with van der Waals surface area (Å²) in [6.07, 6.45) is 2.89. The van der Waals surface area contributed by atoms with Crippen LogP contribution in [-0.4, -0.2) is 39.1 Å². The number of carbonyl (C=O) groups excluding carboxylic acids is 1. The number of nitrogens with one attached hydrogen (secondary N) is 2. The zero-order chi connectivity index (χ0) is 13.8. The van der Waals surface area contributed by atoms with Crippen molar-refractivity contribution in [3.05, 3.63) is 20.8 Å². The maximum absolute atomic E-state index is 12.1. The van der Waals surface area contributed by atoms with E-state index in [0.717, 1.165) is 19.5 Å². The number of amides is 1. The first kappa shape index (κ1) is 13.9. The standard InChI is InChI=1S/C12H18N4O2S/c1-8-3-2-6-16(7-8)10(17)5-4-9-11(18)13-12(19)15-14-9/h8H,2-7H2,1H3,(H2,13,15,18,19). The first-order chi connectivity index (χ1) is 9.06. The molecule has 1 unspecified atom stereocenters. The summed E-state index contributed by atoms with van der Waals surface area (Å²) in [6.45, 7) is 3.80. The molecule has 1 aromatic rings. The van der Waals surface area contributed by atoms with Crippen molar-refractivity contribution in [1.29, 1.82) is 0 Å². The van der Waals surface area contributed by atoms with Crippen LogP contribution in [0.1, 0.15) is 31.9 Å². The third-order valence-electron chi connectivity index (χ3n) is 3.37. The second-order valence-corrected chi connectivity index (χ2v) is 5.45. The summed E-state index contributed by atoms with van der Waals surface area (Å²) >= 11 is 4.76. The highest BCUT2D eigenvalue weighted by molar-refractivity contribution is 7.71. The van der Waals surface area contributed by atoms with E-state index in [0.29, 0.717) is 24.5 Å². The molecule has 1 fully saturated rings. The van der Waals surface area contributed by atoms with Crippen molar-refractivity contribution in [3.8, 4) is 0 Å². The van der Waals surface area contributed by atoms with E-state index >= 15 is 0 Å². The van der Waals surface area contributed by atoms with Gasteiger partial charge in [-0.25, -0.2) is 0 Å². The van der Waals surface area contributed by atoms with Crippen molar-refractivity contribution < 1.29 is 4.79 Å². The number of rotatable bonds is 3. The molecule has 0 radical (unpaired) electrons. The molecule has 7 heteroatoms. The van der Waals surface area contributed by atoms with Gasteiger partial charge in [-0.1, -0.05) is 6.92 Å². The minimum atomic E-state index is -0.316. The van der Waals surface area contributed by atoms with Crippen molar-refractivity contribution in [1.82, 2.24) is 20.1 Å². The van der Waals surface area contributed by atoms with Crippen LogP contribution in [0.15, 0.2) is 4.79 Å². The number of aryl methyl sites for hydroxylation is 1. The number of carbonyl (C=O) groups is 1. The fourth-order valence-electron chi connectivity index (χ4n) is 2.34. The summed E-state index contributed by atoms with van der Waals surface area (Å²) in [4.78, 5) is 27.9. The molecule has 0 aromatic carbocycles. The van der Waals surface area contributed by atoms with E-state index in [1.54, 1.807) is 0 Å². The van der Waals surface area contributed by atoms with Crippen molar-refractivity contribution >= 4 is 18.1 Å². The van der Waals surface area contributed by atoms with E-state index in [9.17, 15) is 9.59 Å². The molecule has 19 heavy (non-hydrogen) atoms. The number of nitrogens with zero attached hydrogens (tertiary/aromatic N) is 2. The Hall–Kier alpha value is -1.50. The Labute approximate surface area is 116 Å². The van der Waals surface area contributed by atoms with E-state index < -0.39 is 0 Å². The Morgan fingerprint density at radius 1 is 1.58 bits per heavy atom. The second kappa shape index (κ2) is 6.10. The predicted octanol–water partition coefficient (Wildman–Crippen LogP) is 1.02. The molecule has 1 aliphatic rings. The highest BCUT2D eigenvalue weighted by atomic mass is 32.1. The van der Waals surface area contributed by atoms with Gasteiger partial charge in [0, 0.05) is 25.9 Å². The number of likely N-dealkylation sites (tertiary alicyclic amines) is 1. The molecule has 1 saturated heterocycles. The fourth-order valence-corrected chi connectivity index (χ4v) is 2.48. The average Bonchev–Trinajstić information content (AvgIpc) is 2.37. The Balaban J connectivity index is 1.93. The van der Waals surface area contributed by atoms with Crippen LogP contribution in [0.2, 0.25) is 0 Å². The van der Waals surface area contributed by atoms with Crippen LogP contribution in [0.3, 0.4) is 0 Å². The zero-order valence-corrected chi connectivity index (χ0v) is 11.8. The largest absolute Gasteiger partial charge is 0.342 e. The summed E-state index contributed by atoms with van der Waals surface area (Å²) in [5, 5.41) is 6.40. The summed E-state index contributed by atoms with van der Waals surface area (Å²) in [5.74, 6) is 0.655. The molecule has 1 atom stereocenters. The lowest BCUT2D eigenvalue weighted by atomic mass is 10.00. The van der Waals surface area contributed by atoms with Gasteiger partial charge >= 0.3 is 0 Å². The van der Waals surface area contributed by atoms with Crippen molar-refractivity contribution in [2.45, 2.75) is 32.6 Å². The first-order valence-electron chi connectivity index (χ1n) is 6.52. The Bertz CT molecular complexity index is 565. The molecule has 6 nitrogen and oxygen atoms in total. The lowest BCUT2D eigenvalue weighted by Crippen LogP contribution is -2.39. The number of H-pyrrole nitrogens is 2. The lowest BCUT2D eigenvalue weighted by molar-refractivity contribution is -0.132. The van der Waals surface area contributed by atoms with E-state index in [1.165, 1.54) is 6.42 Å². The van der Waals surface area contributed by atoms with Crippen LogP contribution < -0.4 is 5.56 Å². The van der Waals surface area contributed by atoms with Crippen LogP contribution in [0, 0.1) is 10.7 Å². The summed E-state index contributed by atoms with van der Waals surface area (Å²) < 4.78 is 0.199. The first-order valence-corrected chi connectivity index (χ1v) is 6.92. The predicted molar refractivity (Wildman–Crippen MR) is 73.3 cm³/mol. The lowest BCUT2D eigenvalue weighted by Gasteiger charge is -2.30. The minimum Gasteiger partial charge on any atom is -0.342 e. The van der Waals surface area contributed by atoms with E-state index in [2.05, 4.69) is 22.1 Å². The van der Waals surface area contributed by atoms with E-state index in [4.69, 9.17) is 12.2 Å². The van der Waals surface area contributed by atoms with Crippen LogP contribution in [0.5, 0.6) is 0 Å². The number of hydrogen-bond donors (Lipinski definition) is 2.